The topological polar surface area (TPSA) is 27.0 Å². The van der Waals surface area contributed by atoms with Crippen LogP contribution in [-0.4, -0.2) is 18.5 Å². The predicted octanol–water partition coefficient (Wildman–Crippen LogP) is 6.98. The Bertz CT molecular complexity index is 1190. The molecular formula is C31H28N2. The molecule has 0 fully saturated rings. The number of nitrogens with zero attached hydrogens (tertiary/aromatic N) is 2. The van der Waals surface area contributed by atoms with Gasteiger partial charge in [-0.05, 0) is 59.8 Å². The Balaban J connectivity index is 1.41. The molecule has 4 aromatic rings. The van der Waals surface area contributed by atoms with E-state index in [-0.39, 0.29) is 6.04 Å². The molecule has 0 aliphatic heterocycles. The van der Waals surface area contributed by atoms with Crippen LogP contribution >= 0.6 is 0 Å². The Kier molecular flexibility index (Phi) is 5.82. The van der Waals surface area contributed by atoms with Crippen molar-refractivity contribution in [2.75, 3.05) is 13.6 Å². The van der Waals surface area contributed by atoms with Crippen LogP contribution in [0.4, 0.5) is 0 Å². The molecule has 33 heavy (non-hydrogen) atoms. The van der Waals surface area contributed by atoms with Gasteiger partial charge in [-0.1, -0.05) is 109 Å². The second kappa shape index (κ2) is 9.06. The van der Waals surface area contributed by atoms with Crippen LogP contribution in [0.25, 0.3) is 11.1 Å². The fourth-order valence-corrected chi connectivity index (χ4v) is 5.41. The SMILES string of the molecule is CN(CCCC(C#N)(c1ccccc1)c1ccccc1)C1c2ccccc2-c2ccccc21. The van der Waals surface area contributed by atoms with Crippen LogP contribution in [-0.2, 0) is 5.41 Å². The van der Waals surface area contributed by atoms with Gasteiger partial charge in [0.15, 0.2) is 0 Å². The predicted molar refractivity (Wildman–Crippen MR) is 135 cm³/mol. The van der Waals surface area contributed by atoms with Crippen molar-refractivity contribution < 1.29 is 0 Å². The summed E-state index contributed by atoms with van der Waals surface area (Å²) in [5.74, 6) is 0. The van der Waals surface area contributed by atoms with Crippen LogP contribution in [0.2, 0.25) is 0 Å². The van der Waals surface area contributed by atoms with Crippen molar-refractivity contribution in [1.82, 2.24) is 4.90 Å². The Morgan fingerprint density at radius 1 is 0.697 bits per heavy atom. The summed E-state index contributed by atoms with van der Waals surface area (Å²) >= 11 is 0. The zero-order valence-corrected chi connectivity index (χ0v) is 19.0. The van der Waals surface area contributed by atoms with Gasteiger partial charge < -0.3 is 0 Å². The Hall–Kier alpha value is -3.67. The summed E-state index contributed by atoms with van der Waals surface area (Å²) in [7, 11) is 2.21. The highest BCUT2D eigenvalue weighted by molar-refractivity contribution is 5.78. The third kappa shape index (κ3) is 3.75. The number of rotatable bonds is 7. The van der Waals surface area contributed by atoms with Crippen molar-refractivity contribution in [2.45, 2.75) is 24.3 Å². The lowest BCUT2D eigenvalue weighted by atomic mass is 9.72. The number of fused-ring (bicyclic) bond motifs is 3. The van der Waals surface area contributed by atoms with Gasteiger partial charge in [0.05, 0.1) is 12.1 Å². The first kappa shape index (κ1) is 21.2. The van der Waals surface area contributed by atoms with Crippen molar-refractivity contribution in [3.8, 4) is 17.2 Å². The van der Waals surface area contributed by atoms with Crippen molar-refractivity contribution in [3.05, 3.63) is 131 Å². The van der Waals surface area contributed by atoms with Gasteiger partial charge in [-0.15, -0.1) is 0 Å². The zero-order valence-electron chi connectivity index (χ0n) is 19.0. The van der Waals surface area contributed by atoms with Crippen molar-refractivity contribution in [3.63, 3.8) is 0 Å². The molecule has 0 atom stereocenters. The van der Waals surface area contributed by atoms with Gasteiger partial charge in [0.1, 0.15) is 5.41 Å². The van der Waals surface area contributed by atoms with Crippen LogP contribution in [0.3, 0.4) is 0 Å². The van der Waals surface area contributed by atoms with Crippen LogP contribution < -0.4 is 0 Å². The van der Waals surface area contributed by atoms with Crippen LogP contribution in [0.15, 0.2) is 109 Å². The Morgan fingerprint density at radius 2 is 1.15 bits per heavy atom. The molecule has 0 radical (unpaired) electrons. The van der Waals surface area contributed by atoms with Gasteiger partial charge in [0.25, 0.3) is 0 Å². The molecule has 0 amide bonds. The first-order valence-corrected chi connectivity index (χ1v) is 11.7. The van der Waals surface area contributed by atoms with E-state index in [2.05, 4.69) is 90.8 Å². The largest absolute Gasteiger partial charge is 0.295 e. The number of hydrogen-bond donors (Lipinski definition) is 0. The summed E-state index contributed by atoms with van der Waals surface area (Å²) in [6.07, 6.45) is 1.70. The lowest BCUT2D eigenvalue weighted by molar-refractivity contribution is 0.271. The molecule has 0 unspecified atom stereocenters. The normalized spacial score (nSPS) is 12.9. The Morgan fingerprint density at radius 3 is 1.64 bits per heavy atom. The molecule has 0 N–H and O–H groups in total. The number of nitriles is 1. The van der Waals surface area contributed by atoms with Crippen LogP contribution in [0.1, 0.15) is 41.1 Å². The summed E-state index contributed by atoms with van der Waals surface area (Å²) < 4.78 is 0. The minimum absolute atomic E-state index is 0.252. The van der Waals surface area contributed by atoms with Gasteiger partial charge in [0.2, 0.25) is 0 Å². The van der Waals surface area contributed by atoms with E-state index >= 15 is 0 Å². The highest BCUT2D eigenvalue weighted by Gasteiger charge is 2.35. The molecule has 1 aliphatic carbocycles. The maximum absolute atomic E-state index is 10.5. The third-order valence-electron chi connectivity index (χ3n) is 7.03. The molecule has 0 heterocycles. The molecule has 0 saturated carbocycles. The van der Waals surface area contributed by atoms with E-state index < -0.39 is 5.41 Å². The first-order valence-electron chi connectivity index (χ1n) is 11.7. The summed E-state index contributed by atoms with van der Waals surface area (Å²) in [5, 5.41) is 10.5. The molecule has 0 bridgehead atoms. The van der Waals surface area contributed by atoms with Crippen LogP contribution in [0.5, 0.6) is 0 Å². The molecule has 0 aromatic heterocycles. The average molecular weight is 429 g/mol. The molecule has 5 rings (SSSR count). The van der Waals surface area contributed by atoms with Crippen molar-refractivity contribution in [2.24, 2.45) is 0 Å². The second-order valence-corrected chi connectivity index (χ2v) is 8.91. The summed E-state index contributed by atoms with van der Waals surface area (Å²) in [6.45, 7) is 0.913. The van der Waals surface area contributed by atoms with Gasteiger partial charge in [-0.25, -0.2) is 0 Å². The quantitative estimate of drug-likeness (QED) is 0.317. The lowest BCUT2D eigenvalue weighted by Crippen LogP contribution is -2.30. The van der Waals surface area contributed by atoms with Crippen molar-refractivity contribution in [1.29, 1.82) is 5.26 Å². The van der Waals surface area contributed by atoms with E-state index in [1.54, 1.807) is 0 Å². The van der Waals surface area contributed by atoms with Crippen LogP contribution in [0, 0.1) is 11.3 Å². The number of benzene rings is 4. The molecular weight excluding hydrogens is 400 g/mol. The van der Waals surface area contributed by atoms with E-state index in [4.69, 9.17) is 0 Å². The van der Waals surface area contributed by atoms with E-state index in [9.17, 15) is 5.26 Å². The highest BCUT2D eigenvalue weighted by atomic mass is 15.1. The van der Waals surface area contributed by atoms with E-state index in [0.29, 0.717) is 0 Å². The standard InChI is InChI=1S/C31H28N2/c1-33(30-28-19-10-8-17-26(28)27-18-9-11-20-29(27)30)22-12-21-31(23-32,24-13-4-2-5-14-24)25-15-6-3-7-16-25/h2-11,13-20,30H,12,21-22H2,1H3. The average Bonchev–Trinajstić information content (AvgIpc) is 3.22. The van der Waals surface area contributed by atoms with E-state index in [0.717, 1.165) is 30.5 Å². The summed E-state index contributed by atoms with van der Waals surface area (Å²) in [6, 6.07) is 40.9. The summed E-state index contributed by atoms with van der Waals surface area (Å²) in [4.78, 5) is 2.45. The minimum Gasteiger partial charge on any atom is -0.295 e. The Labute approximate surface area is 196 Å². The van der Waals surface area contributed by atoms with Gasteiger partial charge >= 0.3 is 0 Å². The molecule has 162 valence electrons. The maximum atomic E-state index is 10.5. The summed E-state index contributed by atoms with van der Waals surface area (Å²) in [5.41, 5.74) is 6.91. The number of hydrogen-bond acceptors (Lipinski definition) is 2. The second-order valence-electron chi connectivity index (χ2n) is 8.91. The van der Waals surface area contributed by atoms with E-state index in [1.165, 1.54) is 22.3 Å². The fourth-order valence-electron chi connectivity index (χ4n) is 5.41. The highest BCUT2D eigenvalue weighted by Crippen LogP contribution is 2.46. The van der Waals surface area contributed by atoms with Gasteiger partial charge in [-0.2, -0.15) is 5.26 Å². The third-order valence-corrected chi connectivity index (χ3v) is 7.03. The zero-order chi connectivity index (χ0) is 22.7. The van der Waals surface area contributed by atoms with Gasteiger partial charge in [0, 0.05) is 0 Å². The molecule has 1 aliphatic rings. The van der Waals surface area contributed by atoms with Gasteiger partial charge in [-0.3, -0.25) is 4.90 Å². The minimum atomic E-state index is -0.644. The molecule has 2 heteroatoms. The van der Waals surface area contributed by atoms with E-state index in [1.807, 2.05) is 36.4 Å². The molecule has 2 nitrogen and oxygen atoms in total. The van der Waals surface area contributed by atoms with Crippen molar-refractivity contribution >= 4 is 0 Å². The molecule has 0 spiro atoms. The fraction of sp³-hybridized carbons (Fsp3) is 0.194. The molecule has 0 saturated heterocycles. The first-order chi connectivity index (χ1) is 16.2. The monoisotopic (exact) mass is 428 g/mol. The smallest absolute Gasteiger partial charge is 0.107 e. The molecule has 4 aromatic carbocycles. The lowest BCUT2D eigenvalue weighted by Gasteiger charge is -2.31. The maximum Gasteiger partial charge on any atom is 0.107 e.